The summed E-state index contributed by atoms with van der Waals surface area (Å²) in [7, 11) is -3.97. The van der Waals surface area contributed by atoms with Crippen molar-refractivity contribution in [3.05, 3.63) is 58.1 Å². The fraction of sp³-hybridized carbons (Fsp3) is 0.462. The minimum atomic E-state index is -3.97. The molecule has 32 heavy (non-hydrogen) atoms. The highest BCUT2D eigenvalue weighted by Crippen LogP contribution is 2.55. The molecule has 1 unspecified atom stereocenters. The van der Waals surface area contributed by atoms with Crippen LogP contribution in [-0.4, -0.2) is 30.4 Å². The molecule has 0 N–H and O–H groups in total. The first-order chi connectivity index (χ1) is 14.9. The van der Waals surface area contributed by atoms with Crippen molar-refractivity contribution in [1.82, 2.24) is 0 Å². The molecule has 0 aromatic heterocycles. The predicted octanol–water partition coefficient (Wildman–Crippen LogP) is 6.76. The van der Waals surface area contributed by atoms with Crippen LogP contribution in [0.25, 0.3) is 0 Å². The van der Waals surface area contributed by atoms with Crippen LogP contribution in [0, 0.1) is 13.8 Å². The van der Waals surface area contributed by atoms with Gasteiger partial charge in [-0.1, -0.05) is 45.9 Å². The average Bonchev–Trinajstić information content (AvgIpc) is 2.72. The summed E-state index contributed by atoms with van der Waals surface area (Å²) < 4.78 is 25.3. The van der Waals surface area contributed by atoms with Gasteiger partial charge in [0.25, 0.3) is 0 Å². The quantitative estimate of drug-likeness (QED) is 0.388. The summed E-state index contributed by atoms with van der Waals surface area (Å²) in [6, 6.07) is 8.89. The van der Waals surface area contributed by atoms with Crippen molar-refractivity contribution >= 4 is 18.2 Å². The van der Waals surface area contributed by atoms with Gasteiger partial charge in [0.15, 0.2) is 0 Å². The van der Waals surface area contributed by atoms with Crippen LogP contribution in [0.4, 0.5) is 0 Å². The fourth-order valence-corrected chi connectivity index (χ4v) is 5.80. The standard InChI is InChI=1S/C26H35O5P/c1-9-30-20-13-12-14-21(31-10-2)23(20)25(28)32(29,11-3)24(27)22-17(4)15-19(16-18(22)5)26(6,7)8/h12-16H,9-11H2,1-8H3. The van der Waals surface area contributed by atoms with Crippen molar-refractivity contribution in [2.45, 2.75) is 60.8 Å². The smallest absolute Gasteiger partial charge is 0.236 e. The van der Waals surface area contributed by atoms with Gasteiger partial charge in [-0.2, -0.15) is 0 Å². The lowest BCUT2D eigenvalue weighted by Crippen LogP contribution is -2.18. The Balaban J connectivity index is 2.67. The monoisotopic (exact) mass is 458 g/mol. The van der Waals surface area contributed by atoms with E-state index < -0.39 is 18.2 Å². The summed E-state index contributed by atoms with van der Waals surface area (Å²) in [6.45, 7) is 15.8. The second kappa shape index (κ2) is 10.0. The van der Waals surface area contributed by atoms with E-state index in [0.717, 1.165) is 16.7 Å². The summed E-state index contributed by atoms with van der Waals surface area (Å²) in [6.07, 6.45) is -0.0728. The summed E-state index contributed by atoms with van der Waals surface area (Å²) in [4.78, 5) is 27.4. The molecule has 0 radical (unpaired) electrons. The van der Waals surface area contributed by atoms with E-state index >= 15 is 0 Å². The van der Waals surface area contributed by atoms with E-state index in [2.05, 4.69) is 20.8 Å². The average molecular weight is 459 g/mol. The molecule has 0 fully saturated rings. The van der Waals surface area contributed by atoms with Gasteiger partial charge in [-0.05, 0) is 61.9 Å². The third kappa shape index (κ3) is 4.99. The summed E-state index contributed by atoms with van der Waals surface area (Å²) >= 11 is 0. The lowest BCUT2D eigenvalue weighted by molar-refractivity contribution is 0.103. The van der Waals surface area contributed by atoms with Crippen molar-refractivity contribution in [2.24, 2.45) is 0 Å². The fourth-order valence-electron chi connectivity index (χ4n) is 3.75. The second-order valence-corrected chi connectivity index (χ2v) is 11.8. The molecule has 1 atom stereocenters. The Hall–Kier alpha value is -2.39. The number of benzene rings is 2. The van der Waals surface area contributed by atoms with E-state index in [9.17, 15) is 14.2 Å². The number of hydrogen-bond acceptors (Lipinski definition) is 5. The molecular weight excluding hydrogens is 423 g/mol. The number of carbonyl (C=O) groups is 2. The molecule has 0 heterocycles. The highest BCUT2D eigenvalue weighted by atomic mass is 31.2. The van der Waals surface area contributed by atoms with Crippen molar-refractivity contribution in [3.8, 4) is 11.5 Å². The number of ether oxygens (including phenoxy) is 2. The molecule has 0 saturated carbocycles. The predicted molar refractivity (Wildman–Crippen MR) is 130 cm³/mol. The van der Waals surface area contributed by atoms with Crippen LogP contribution in [0.5, 0.6) is 11.5 Å². The van der Waals surface area contributed by atoms with E-state index in [0.29, 0.717) is 18.8 Å². The Morgan fingerprint density at radius 1 is 0.844 bits per heavy atom. The number of carbonyl (C=O) groups excluding carboxylic acids is 2. The molecule has 0 aliphatic rings. The van der Waals surface area contributed by atoms with Crippen LogP contribution in [-0.2, 0) is 9.98 Å². The van der Waals surface area contributed by atoms with Crippen molar-refractivity contribution in [2.75, 3.05) is 19.4 Å². The Labute approximate surface area is 191 Å². The minimum Gasteiger partial charge on any atom is -0.493 e. The van der Waals surface area contributed by atoms with Gasteiger partial charge >= 0.3 is 0 Å². The number of aryl methyl sites for hydroxylation is 2. The lowest BCUT2D eigenvalue weighted by atomic mass is 9.84. The zero-order valence-corrected chi connectivity index (χ0v) is 21.4. The van der Waals surface area contributed by atoms with Crippen LogP contribution in [0.3, 0.4) is 0 Å². The van der Waals surface area contributed by atoms with Crippen molar-refractivity contribution < 1.29 is 23.6 Å². The maximum atomic E-state index is 14.1. The maximum Gasteiger partial charge on any atom is 0.236 e. The molecule has 0 aliphatic carbocycles. The van der Waals surface area contributed by atoms with E-state index in [1.165, 1.54) is 0 Å². The van der Waals surface area contributed by atoms with Crippen LogP contribution in [0.2, 0.25) is 0 Å². The van der Waals surface area contributed by atoms with Crippen molar-refractivity contribution in [1.29, 1.82) is 0 Å². The first-order valence-corrected chi connectivity index (χ1v) is 13.0. The van der Waals surface area contributed by atoms with E-state index in [4.69, 9.17) is 9.47 Å². The van der Waals surface area contributed by atoms with Crippen molar-refractivity contribution in [3.63, 3.8) is 0 Å². The highest BCUT2D eigenvalue weighted by molar-refractivity contribution is 7.95. The third-order valence-corrected chi connectivity index (χ3v) is 8.17. The van der Waals surface area contributed by atoms with Crippen LogP contribution in [0.15, 0.2) is 30.3 Å². The van der Waals surface area contributed by atoms with Crippen LogP contribution >= 0.6 is 7.14 Å². The molecule has 0 saturated heterocycles. The Bertz CT molecular complexity index is 1020. The van der Waals surface area contributed by atoms with Gasteiger partial charge in [-0.3, -0.25) is 9.59 Å². The molecule has 2 rings (SSSR count). The minimum absolute atomic E-state index is 0.0728. The first kappa shape index (κ1) is 25.9. The van der Waals surface area contributed by atoms with Gasteiger partial charge in [0, 0.05) is 11.7 Å². The van der Waals surface area contributed by atoms with E-state index in [-0.39, 0.29) is 28.6 Å². The molecule has 2 aromatic carbocycles. The number of hydrogen-bond donors (Lipinski definition) is 0. The zero-order chi connectivity index (χ0) is 24.3. The Morgan fingerprint density at radius 3 is 1.66 bits per heavy atom. The topological polar surface area (TPSA) is 69.7 Å². The van der Waals surface area contributed by atoms with Gasteiger partial charge < -0.3 is 14.0 Å². The lowest BCUT2D eigenvalue weighted by Gasteiger charge is -2.24. The zero-order valence-electron chi connectivity index (χ0n) is 20.5. The van der Waals surface area contributed by atoms with Gasteiger partial charge in [-0.25, -0.2) is 0 Å². The van der Waals surface area contributed by atoms with Gasteiger partial charge in [0.05, 0.1) is 13.2 Å². The molecule has 5 nitrogen and oxygen atoms in total. The van der Waals surface area contributed by atoms with E-state index in [1.807, 2.05) is 26.0 Å². The highest BCUT2D eigenvalue weighted by Gasteiger charge is 2.43. The summed E-state index contributed by atoms with van der Waals surface area (Å²) in [5, 5.41) is 0. The van der Waals surface area contributed by atoms with Gasteiger partial charge in [0.2, 0.25) is 18.2 Å². The molecule has 2 aromatic rings. The van der Waals surface area contributed by atoms with E-state index in [1.54, 1.807) is 39.0 Å². The molecule has 0 bridgehead atoms. The molecule has 174 valence electrons. The first-order valence-electron chi connectivity index (χ1n) is 11.1. The molecule has 6 heteroatoms. The summed E-state index contributed by atoms with van der Waals surface area (Å²) in [5.74, 6) is 0.558. The SMILES string of the molecule is CCOc1cccc(OCC)c1C(=O)P(=O)(CC)C(=O)c1c(C)cc(C(C)(C)C)cc1C. The Morgan fingerprint density at radius 2 is 1.28 bits per heavy atom. The molecule has 0 aliphatic heterocycles. The molecular formula is C26H35O5P. The van der Waals surface area contributed by atoms with Crippen LogP contribution < -0.4 is 9.47 Å². The summed E-state index contributed by atoms with van der Waals surface area (Å²) in [5.41, 5.74) is 1.57. The maximum absolute atomic E-state index is 14.1. The van der Waals surface area contributed by atoms with Crippen LogP contribution in [0.1, 0.15) is 78.9 Å². The third-order valence-electron chi connectivity index (χ3n) is 5.52. The number of rotatable bonds is 9. The molecule has 0 amide bonds. The second-order valence-electron chi connectivity index (χ2n) is 8.90. The van der Waals surface area contributed by atoms with Gasteiger partial charge in [-0.15, -0.1) is 0 Å². The Kier molecular flexibility index (Phi) is 8.12. The largest absolute Gasteiger partial charge is 0.493 e. The normalized spacial score (nSPS) is 13.4. The van der Waals surface area contributed by atoms with Gasteiger partial charge in [0.1, 0.15) is 17.1 Å². The molecule has 0 spiro atoms.